The highest BCUT2D eigenvalue weighted by Crippen LogP contribution is 2.16. The molecule has 1 atom stereocenters. The summed E-state index contributed by atoms with van der Waals surface area (Å²) in [6.45, 7) is 6.29. The molecule has 66 valence electrons. The second kappa shape index (κ2) is 5.10. The predicted octanol–water partition coefficient (Wildman–Crippen LogP) is 2.34. The Morgan fingerprint density at radius 3 is 2.27 bits per heavy atom. The SMILES string of the molecule is CCCC(C[N+](=O)[O-])C(C)C. The van der Waals surface area contributed by atoms with E-state index in [0.717, 1.165) is 12.8 Å². The minimum Gasteiger partial charge on any atom is -0.265 e. The molecule has 3 heteroatoms. The zero-order valence-electron chi connectivity index (χ0n) is 7.54. The van der Waals surface area contributed by atoms with Gasteiger partial charge in [0.15, 0.2) is 0 Å². The molecule has 3 nitrogen and oxygen atoms in total. The van der Waals surface area contributed by atoms with E-state index < -0.39 is 0 Å². The minimum absolute atomic E-state index is 0.130. The van der Waals surface area contributed by atoms with Crippen LogP contribution in [-0.4, -0.2) is 11.5 Å². The van der Waals surface area contributed by atoms with Crippen LogP contribution < -0.4 is 0 Å². The molecule has 0 aromatic rings. The number of hydrogen-bond donors (Lipinski definition) is 0. The quantitative estimate of drug-likeness (QED) is 0.456. The smallest absolute Gasteiger partial charge is 0.206 e. The Bertz CT molecular complexity index is 123. The van der Waals surface area contributed by atoms with Crippen LogP contribution in [0.15, 0.2) is 0 Å². The van der Waals surface area contributed by atoms with Crippen molar-refractivity contribution in [2.45, 2.75) is 33.6 Å². The number of nitrogens with zero attached hydrogens (tertiary/aromatic N) is 1. The maximum absolute atomic E-state index is 10.2. The van der Waals surface area contributed by atoms with Crippen molar-refractivity contribution in [2.75, 3.05) is 6.54 Å². The van der Waals surface area contributed by atoms with E-state index in [1.807, 2.05) is 13.8 Å². The molecule has 0 rings (SSSR count). The summed E-state index contributed by atoms with van der Waals surface area (Å²) in [6, 6.07) is 0. The van der Waals surface area contributed by atoms with Gasteiger partial charge in [0.25, 0.3) is 0 Å². The summed E-state index contributed by atoms with van der Waals surface area (Å²) in [7, 11) is 0. The zero-order chi connectivity index (χ0) is 8.85. The van der Waals surface area contributed by atoms with E-state index >= 15 is 0 Å². The van der Waals surface area contributed by atoms with Gasteiger partial charge in [-0.2, -0.15) is 0 Å². The molecule has 11 heavy (non-hydrogen) atoms. The third kappa shape index (κ3) is 4.76. The van der Waals surface area contributed by atoms with Crippen molar-refractivity contribution in [3.8, 4) is 0 Å². The highest BCUT2D eigenvalue weighted by atomic mass is 16.6. The van der Waals surface area contributed by atoms with E-state index in [-0.39, 0.29) is 17.4 Å². The molecule has 0 saturated heterocycles. The summed E-state index contributed by atoms with van der Waals surface area (Å²) in [5, 5.41) is 10.2. The van der Waals surface area contributed by atoms with Crippen molar-refractivity contribution in [1.29, 1.82) is 0 Å². The van der Waals surface area contributed by atoms with Crippen molar-refractivity contribution >= 4 is 0 Å². The lowest BCUT2D eigenvalue weighted by Crippen LogP contribution is -2.19. The zero-order valence-corrected chi connectivity index (χ0v) is 7.54. The lowest BCUT2D eigenvalue weighted by atomic mass is 9.92. The Kier molecular flexibility index (Phi) is 4.83. The van der Waals surface area contributed by atoms with Crippen molar-refractivity contribution in [1.82, 2.24) is 0 Å². The summed E-state index contributed by atoms with van der Waals surface area (Å²) in [6.07, 6.45) is 2.01. The summed E-state index contributed by atoms with van der Waals surface area (Å²) in [4.78, 5) is 9.99. The molecule has 0 heterocycles. The van der Waals surface area contributed by atoms with Gasteiger partial charge in [0, 0.05) is 10.8 Å². The molecular formula is C8H17NO2. The van der Waals surface area contributed by atoms with Crippen LogP contribution in [0.25, 0.3) is 0 Å². The first kappa shape index (κ1) is 10.4. The molecule has 0 radical (unpaired) electrons. The van der Waals surface area contributed by atoms with Gasteiger partial charge in [0.1, 0.15) is 0 Å². The lowest BCUT2D eigenvalue weighted by Gasteiger charge is -2.14. The fourth-order valence-corrected chi connectivity index (χ4v) is 1.20. The van der Waals surface area contributed by atoms with E-state index in [9.17, 15) is 10.1 Å². The molecule has 0 aliphatic carbocycles. The second-order valence-electron chi connectivity index (χ2n) is 3.31. The first-order valence-electron chi connectivity index (χ1n) is 4.19. The normalized spacial score (nSPS) is 13.5. The Hall–Kier alpha value is -0.600. The molecule has 0 aliphatic rings. The molecule has 0 aromatic heterocycles. The molecule has 0 bridgehead atoms. The summed E-state index contributed by atoms with van der Waals surface area (Å²) < 4.78 is 0. The van der Waals surface area contributed by atoms with Gasteiger partial charge < -0.3 is 0 Å². The molecule has 0 aromatic carbocycles. The number of hydrogen-bond acceptors (Lipinski definition) is 2. The molecule has 0 N–H and O–H groups in total. The molecule has 0 fully saturated rings. The van der Waals surface area contributed by atoms with E-state index in [4.69, 9.17) is 0 Å². The minimum atomic E-state index is -0.208. The van der Waals surface area contributed by atoms with Crippen LogP contribution in [-0.2, 0) is 0 Å². The van der Waals surface area contributed by atoms with Crippen molar-refractivity contribution in [3.05, 3.63) is 10.1 Å². The Morgan fingerprint density at radius 2 is 2.00 bits per heavy atom. The van der Waals surface area contributed by atoms with E-state index in [1.54, 1.807) is 0 Å². The molecule has 0 amide bonds. The molecule has 0 aliphatic heterocycles. The van der Waals surface area contributed by atoms with Gasteiger partial charge in [-0.1, -0.05) is 27.2 Å². The van der Waals surface area contributed by atoms with Crippen LogP contribution in [0, 0.1) is 22.0 Å². The highest BCUT2D eigenvalue weighted by Gasteiger charge is 2.17. The lowest BCUT2D eigenvalue weighted by molar-refractivity contribution is -0.490. The van der Waals surface area contributed by atoms with Crippen LogP contribution in [0.1, 0.15) is 33.6 Å². The third-order valence-corrected chi connectivity index (χ3v) is 1.99. The van der Waals surface area contributed by atoms with E-state index in [0.29, 0.717) is 5.92 Å². The summed E-state index contributed by atoms with van der Waals surface area (Å²) >= 11 is 0. The van der Waals surface area contributed by atoms with Gasteiger partial charge in [-0.05, 0) is 12.3 Å². The molecule has 0 saturated carbocycles. The maximum Gasteiger partial charge on any atom is 0.206 e. The highest BCUT2D eigenvalue weighted by molar-refractivity contribution is 4.60. The van der Waals surface area contributed by atoms with Gasteiger partial charge >= 0.3 is 0 Å². The maximum atomic E-state index is 10.2. The average molecular weight is 159 g/mol. The monoisotopic (exact) mass is 159 g/mol. The van der Waals surface area contributed by atoms with Crippen LogP contribution in [0.4, 0.5) is 0 Å². The summed E-state index contributed by atoms with van der Waals surface area (Å²) in [5.41, 5.74) is 0. The van der Waals surface area contributed by atoms with Crippen molar-refractivity contribution in [3.63, 3.8) is 0 Å². The molecular weight excluding hydrogens is 142 g/mol. The van der Waals surface area contributed by atoms with Crippen LogP contribution in [0.5, 0.6) is 0 Å². The molecule has 0 spiro atoms. The fraction of sp³-hybridized carbons (Fsp3) is 1.00. The largest absolute Gasteiger partial charge is 0.265 e. The number of nitro groups is 1. The predicted molar refractivity (Wildman–Crippen MR) is 45.1 cm³/mol. The van der Waals surface area contributed by atoms with E-state index in [2.05, 4.69) is 6.92 Å². The van der Waals surface area contributed by atoms with Crippen LogP contribution in [0.3, 0.4) is 0 Å². The third-order valence-electron chi connectivity index (χ3n) is 1.99. The van der Waals surface area contributed by atoms with Crippen molar-refractivity contribution in [2.24, 2.45) is 11.8 Å². The van der Waals surface area contributed by atoms with Crippen LogP contribution in [0.2, 0.25) is 0 Å². The van der Waals surface area contributed by atoms with Crippen LogP contribution >= 0.6 is 0 Å². The first-order valence-corrected chi connectivity index (χ1v) is 4.19. The Morgan fingerprint density at radius 1 is 1.45 bits per heavy atom. The number of rotatable bonds is 5. The Balaban J connectivity index is 3.79. The molecule has 1 unspecified atom stereocenters. The van der Waals surface area contributed by atoms with Gasteiger partial charge in [-0.3, -0.25) is 10.1 Å². The van der Waals surface area contributed by atoms with Crippen molar-refractivity contribution < 1.29 is 4.92 Å². The topological polar surface area (TPSA) is 43.1 Å². The van der Waals surface area contributed by atoms with Gasteiger partial charge in [-0.15, -0.1) is 0 Å². The Labute approximate surface area is 67.9 Å². The van der Waals surface area contributed by atoms with Gasteiger partial charge in [0.2, 0.25) is 6.54 Å². The average Bonchev–Trinajstić information content (AvgIpc) is 1.86. The van der Waals surface area contributed by atoms with E-state index in [1.165, 1.54) is 0 Å². The van der Waals surface area contributed by atoms with Gasteiger partial charge in [0.05, 0.1) is 0 Å². The fourth-order valence-electron chi connectivity index (χ4n) is 1.20. The summed E-state index contributed by atoms with van der Waals surface area (Å²) in [5.74, 6) is 0.690. The second-order valence-corrected chi connectivity index (χ2v) is 3.31. The standard InChI is InChI=1S/C8H17NO2/c1-4-5-8(7(2)3)6-9(10)11/h7-8H,4-6H2,1-3H3. The first-order chi connectivity index (χ1) is 5.07. The van der Waals surface area contributed by atoms with Gasteiger partial charge in [-0.25, -0.2) is 0 Å².